The van der Waals surface area contributed by atoms with E-state index in [-0.39, 0.29) is 5.75 Å². The molecule has 0 aliphatic carbocycles. The molecule has 0 bridgehead atoms. The summed E-state index contributed by atoms with van der Waals surface area (Å²) in [4.78, 5) is 2.40. The lowest BCUT2D eigenvalue weighted by Gasteiger charge is -2.22. The first kappa shape index (κ1) is 27.9. The summed E-state index contributed by atoms with van der Waals surface area (Å²) < 4.78 is 30.8. The fourth-order valence-electron chi connectivity index (χ4n) is 3.74. The van der Waals surface area contributed by atoms with Crippen molar-refractivity contribution in [3.05, 3.63) is 0 Å². The number of nitrogens with zero attached hydrogens (tertiary/aromatic N) is 1. The van der Waals surface area contributed by atoms with Gasteiger partial charge >= 0.3 is 0 Å². The zero-order valence-electron chi connectivity index (χ0n) is 19.0. The summed E-state index contributed by atoms with van der Waals surface area (Å²) in [5.41, 5.74) is 0. The molecule has 0 aromatic carbocycles. The van der Waals surface area contributed by atoms with Crippen molar-refractivity contribution >= 4 is 10.1 Å². The molecule has 0 atom stereocenters. The molecule has 0 rings (SSSR count). The highest BCUT2D eigenvalue weighted by Crippen LogP contribution is 2.12. The Kier molecular flexibility index (Phi) is 20.1. The number of rotatable bonds is 22. The van der Waals surface area contributed by atoms with Gasteiger partial charge in [-0.1, -0.05) is 104 Å². The minimum Gasteiger partial charge on any atom is -0.303 e. The van der Waals surface area contributed by atoms with Crippen LogP contribution in [-0.2, 0) is 10.1 Å². The molecule has 1 N–H and O–H groups in total. The Bertz CT molecular complexity index is 412. The van der Waals surface area contributed by atoms with Crippen LogP contribution in [-0.4, -0.2) is 43.3 Å². The van der Waals surface area contributed by atoms with Gasteiger partial charge in [-0.2, -0.15) is 8.42 Å². The maximum atomic E-state index is 10.9. The smallest absolute Gasteiger partial charge is 0.264 e. The van der Waals surface area contributed by atoms with Crippen LogP contribution in [0.25, 0.3) is 0 Å². The highest BCUT2D eigenvalue weighted by molar-refractivity contribution is 7.85. The second-order valence-corrected chi connectivity index (χ2v) is 10.0. The van der Waals surface area contributed by atoms with Crippen LogP contribution in [0, 0.1) is 0 Å². The molecule has 0 aliphatic heterocycles. The molecule has 0 aliphatic rings. The zero-order valence-corrected chi connectivity index (χ0v) is 19.8. The first-order valence-electron chi connectivity index (χ1n) is 12.2. The predicted octanol–water partition coefficient (Wildman–Crippen LogP) is 6.85. The third-order valence-electron chi connectivity index (χ3n) is 5.53. The van der Waals surface area contributed by atoms with Gasteiger partial charge in [0.25, 0.3) is 10.1 Å². The molecule has 0 spiro atoms. The molecule has 4 nitrogen and oxygen atoms in total. The Morgan fingerprint density at radius 2 is 0.857 bits per heavy atom. The van der Waals surface area contributed by atoms with E-state index in [4.69, 9.17) is 4.55 Å². The highest BCUT2D eigenvalue weighted by Gasteiger charge is 2.08. The van der Waals surface area contributed by atoms with Crippen LogP contribution in [0.1, 0.15) is 123 Å². The van der Waals surface area contributed by atoms with Gasteiger partial charge in [-0.25, -0.2) is 0 Å². The van der Waals surface area contributed by atoms with E-state index in [1.807, 2.05) is 0 Å². The van der Waals surface area contributed by atoms with Gasteiger partial charge in [-0.05, 0) is 38.9 Å². The van der Waals surface area contributed by atoms with E-state index in [1.54, 1.807) is 0 Å². The molecule has 0 radical (unpaired) electrons. The summed E-state index contributed by atoms with van der Waals surface area (Å²) in [7, 11) is -3.82. The molecule has 0 aromatic rings. The van der Waals surface area contributed by atoms with Gasteiger partial charge in [0.05, 0.1) is 5.75 Å². The van der Waals surface area contributed by atoms with E-state index in [0.717, 1.165) is 19.6 Å². The molecule has 0 fully saturated rings. The summed E-state index contributed by atoms with van der Waals surface area (Å²) in [6, 6.07) is 0. The lowest BCUT2D eigenvalue weighted by Crippen LogP contribution is -2.28. The quantitative estimate of drug-likeness (QED) is 0.154. The first-order chi connectivity index (χ1) is 13.5. The van der Waals surface area contributed by atoms with Crippen molar-refractivity contribution in [1.29, 1.82) is 0 Å². The van der Waals surface area contributed by atoms with Crippen LogP contribution >= 0.6 is 0 Å². The van der Waals surface area contributed by atoms with Crippen molar-refractivity contribution in [2.45, 2.75) is 123 Å². The Morgan fingerprint density at radius 3 is 1.25 bits per heavy atom. The Labute approximate surface area is 176 Å². The minimum atomic E-state index is -3.82. The molecule has 5 heteroatoms. The van der Waals surface area contributed by atoms with Gasteiger partial charge in [0.15, 0.2) is 0 Å². The SMILES string of the molecule is CCCCCCCCCCCCCCN(CCCCCC)CCCS(=O)(=O)O. The van der Waals surface area contributed by atoms with Crippen molar-refractivity contribution in [1.82, 2.24) is 4.90 Å². The monoisotopic (exact) mass is 419 g/mol. The van der Waals surface area contributed by atoms with Crippen LogP contribution in [0.5, 0.6) is 0 Å². The lowest BCUT2D eigenvalue weighted by atomic mass is 10.1. The normalized spacial score (nSPS) is 12.1. The van der Waals surface area contributed by atoms with E-state index < -0.39 is 10.1 Å². The van der Waals surface area contributed by atoms with E-state index in [9.17, 15) is 8.42 Å². The third kappa shape index (κ3) is 22.2. The maximum Gasteiger partial charge on any atom is 0.264 e. The van der Waals surface area contributed by atoms with E-state index >= 15 is 0 Å². The molecule has 0 aromatic heterocycles. The van der Waals surface area contributed by atoms with Crippen LogP contribution in [0.3, 0.4) is 0 Å². The van der Waals surface area contributed by atoms with E-state index in [2.05, 4.69) is 18.7 Å². The van der Waals surface area contributed by atoms with Gasteiger partial charge in [0, 0.05) is 0 Å². The minimum absolute atomic E-state index is 0.114. The van der Waals surface area contributed by atoms with Crippen LogP contribution in [0.15, 0.2) is 0 Å². The Hall–Kier alpha value is -0.130. The van der Waals surface area contributed by atoms with Crippen molar-refractivity contribution in [2.24, 2.45) is 0 Å². The second-order valence-electron chi connectivity index (χ2n) is 8.43. The van der Waals surface area contributed by atoms with Crippen molar-refractivity contribution in [3.63, 3.8) is 0 Å². The summed E-state index contributed by atoms with van der Waals surface area (Å²) in [5.74, 6) is -0.114. The average molecular weight is 420 g/mol. The van der Waals surface area contributed by atoms with Crippen LogP contribution in [0.2, 0.25) is 0 Å². The van der Waals surface area contributed by atoms with Crippen LogP contribution < -0.4 is 0 Å². The zero-order chi connectivity index (χ0) is 20.9. The molecular weight excluding hydrogens is 370 g/mol. The summed E-state index contributed by atoms with van der Waals surface area (Å²) in [5, 5.41) is 0. The Balaban J connectivity index is 3.70. The van der Waals surface area contributed by atoms with Crippen LogP contribution in [0.4, 0.5) is 0 Å². The summed E-state index contributed by atoms with van der Waals surface area (Å²) in [6.45, 7) is 7.39. The number of hydrogen-bond donors (Lipinski definition) is 1. The van der Waals surface area contributed by atoms with Crippen molar-refractivity contribution < 1.29 is 13.0 Å². The fourth-order valence-corrected chi connectivity index (χ4v) is 4.24. The van der Waals surface area contributed by atoms with Gasteiger partial charge in [0.1, 0.15) is 0 Å². The molecule has 0 saturated heterocycles. The maximum absolute atomic E-state index is 10.9. The average Bonchev–Trinajstić information content (AvgIpc) is 2.64. The topological polar surface area (TPSA) is 57.6 Å². The second kappa shape index (κ2) is 20.2. The molecule has 0 saturated carbocycles. The van der Waals surface area contributed by atoms with Gasteiger partial charge in [-0.15, -0.1) is 0 Å². The van der Waals surface area contributed by atoms with Crippen molar-refractivity contribution in [3.8, 4) is 0 Å². The van der Waals surface area contributed by atoms with Gasteiger partial charge < -0.3 is 4.90 Å². The highest BCUT2D eigenvalue weighted by atomic mass is 32.2. The standard InChI is InChI=1S/C23H49NO3S/c1-3-5-7-9-10-11-12-13-14-15-16-18-21-24(20-17-8-6-4-2)22-19-23-28(25,26)27/h3-23H2,1-2H3,(H,25,26,27). The molecular formula is C23H49NO3S. The molecule has 170 valence electrons. The van der Waals surface area contributed by atoms with Gasteiger partial charge in [-0.3, -0.25) is 4.55 Å². The fraction of sp³-hybridized carbons (Fsp3) is 1.00. The first-order valence-corrected chi connectivity index (χ1v) is 13.8. The lowest BCUT2D eigenvalue weighted by molar-refractivity contribution is 0.260. The van der Waals surface area contributed by atoms with E-state index in [0.29, 0.717) is 6.42 Å². The third-order valence-corrected chi connectivity index (χ3v) is 6.34. The number of hydrogen-bond acceptors (Lipinski definition) is 3. The molecule has 0 amide bonds. The molecule has 28 heavy (non-hydrogen) atoms. The van der Waals surface area contributed by atoms with Gasteiger partial charge in [0.2, 0.25) is 0 Å². The largest absolute Gasteiger partial charge is 0.303 e. The van der Waals surface area contributed by atoms with Crippen molar-refractivity contribution in [2.75, 3.05) is 25.4 Å². The van der Waals surface area contributed by atoms with E-state index in [1.165, 1.54) is 103 Å². The summed E-state index contributed by atoms with van der Waals surface area (Å²) >= 11 is 0. The summed E-state index contributed by atoms with van der Waals surface area (Å²) in [6.07, 6.45) is 21.8. The number of unbranched alkanes of at least 4 members (excludes halogenated alkanes) is 14. The molecule has 0 heterocycles. The molecule has 0 unspecified atom stereocenters. The Morgan fingerprint density at radius 1 is 0.536 bits per heavy atom. The predicted molar refractivity (Wildman–Crippen MR) is 123 cm³/mol.